The lowest BCUT2D eigenvalue weighted by Crippen LogP contribution is -2.44. The van der Waals surface area contributed by atoms with E-state index in [0.717, 1.165) is 18.4 Å². The first-order valence-electron chi connectivity index (χ1n) is 6.62. The Bertz CT molecular complexity index is 265. The van der Waals surface area contributed by atoms with Crippen LogP contribution >= 0.6 is 0 Å². The first-order valence-corrected chi connectivity index (χ1v) is 6.62. The molecule has 0 aromatic carbocycles. The van der Waals surface area contributed by atoms with E-state index in [1.807, 2.05) is 0 Å². The van der Waals surface area contributed by atoms with Crippen LogP contribution in [0.3, 0.4) is 0 Å². The highest BCUT2D eigenvalue weighted by molar-refractivity contribution is 5.80. The van der Waals surface area contributed by atoms with Crippen LogP contribution in [0.25, 0.3) is 0 Å². The van der Waals surface area contributed by atoms with Gasteiger partial charge in [0.2, 0.25) is 5.91 Å². The summed E-state index contributed by atoms with van der Waals surface area (Å²) in [4.78, 5) is 13.9. The van der Waals surface area contributed by atoms with Gasteiger partial charge >= 0.3 is 0 Å². The van der Waals surface area contributed by atoms with E-state index in [-0.39, 0.29) is 12.1 Å². The topological polar surface area (TPSA) is 32.3 Å². The zero-order valence-electron chi connectivity index (χ0n) is 10.7. The molecular weight excluding hydrogens is 200 g/mol. The van der Waals surface area contributed by atoms with Gasteiger partial charge in [-0.25, -0.2) is 0 Å². The molecule has 3 unspecified atom stereocenters. The van der Waals surface area contributed by atoms with Gasteiger partial charge in [0, 0.05) is 6.54 Å². The van der Waals surface area contributed by atoms with Gasteiger partial charge in [-0.2, -0.15) is 0 Å². The second-order valence-electron chi connectivity index (χ2n) is 5.78. The predicted octanol–water partition coefficient (Wildman–Crippen LogP) is 1.84. The zero-order valence-corrected chi connectivity index (χ0v) is 10.7. The lowest BCUT2D eigenvalue weighted by molar-refractivity contribution is -0.129. The average molecular weight is 224 g/mol. The van der Waals surface area contributed by atoms with Crippen molar-refractivity contribution >= 4 is 5.91 Å². The highest BCUT2D eigenvalue weighted by Gasteiger charge is 2.35. The molecule has 3 atom stereocenters. The summed E-state index contributed by atoms with van der Waals surface area (Å²) in [5.74, 6) is 2.31. The van der Waals surface area contributed by atoms with Crippen molar-refractivity contribution in [1.82, 2.24) is 10.2 Å². The Kier molecular flexibility index (Phi) is 3.53. The van der Waals surface area contributed by atoms with Crippen LogP contribution < -0.4 is 5.32 Å². The Morgan fingerprint density at radius 2 is 2.19 bits per heavy atom. The average Bonchev–Trinajstić information content (AvgIpc) is 2.76. The molecule has 2 rings (SSSR count). The molecule has 1 saturated carbocycles. The summed E-state index contributed by atoms with van der Waals surface area (Å²) in [6, 6.07) is 0. The highest BCUT2D eigenvalue weighted by atomic mass is 16.2. The van der Waals surface area contributed by atoms with Gasteiger partial charge in [-0.1, -0.05) is 33.6 Å². The molecule has 1 amide bonds. The minimum atomic E-state index is 0.264. The molecule has 0 bridgehead atoms. The van der Waals surface area contributed by atoms with E-state index in [1.54, 1.807) is 0 Å². The van der Waals surface area contributed by atoms with Crippen LogP contribution in [0.5, 0.6) is 0 Å². The van der Waals surface area contributed by atoms with E-state index < -0.39 is 0 Å². The Morgan fingerprint density at radius 1 is 1.44 bits per heavy atom. The fourth-order valence-corrected chi connectivity index (χ4v) is 3.12. The molecule has 2 aliphatic rings. The number of nitrogens with zero attached hydrogens (tertiary/aromatic N) is 1. The van der Waals surface area contributed by atoms with Crippen LogP contribution in [0.15, 0.2) is 0 Å². The molecule has 0 aromatic rings. The van der Waals surface area contributed by atoms with Crippen LogP contribution in [0, 0.1) is 17.8 Å². The fourth-order valence-electron chi connectivity index (χ4n) is 3.12. The quantitative estimate of drug-likeness (QED) is 0.793. The van der Waals surface area contributed by atoms with Crippen molar-refractivity contribution in [2.75, 3.05) is 13.1 Å². The van der Waals surface area contributed by atoms with Gasteiger partial charge < -0.3 is 4.90 Å². The van der Waals surface area contributed by atoms with Crippen molar-refractivity contribution in [3.05, 3.63) is 0 Å². The smallest absolute Gasteiger partial charge is 0.237 e. The maximum absolute atomic E-state index is 11.8. The van der Waals surface area contributed by atoms with E-state index in [1.165, 1.54) is 19.3 Å². The third kappa shape index (κ3) is 2.24. The zero-order chi connectivity index (χ0) is 11.7. The highest BCUT2D eigenvalue weighted by Crippen LogP contribution is 2.32. The number of carbonyl (C=O) groups excluding carboxylic acids is 1. The van der Waals surface area contributed by atoms with Gasteiger partial charge in [0.25, 0.3) is 0 Å². The number of amides is 1. The fraction of sp³-hybridized carbons (Fsp3) is 0.923. The van der Waals surface area contributed by atoms with Gasteiger partial charge in [-0.05, 0) is 24.2 Å². The minimum Gasteiger partial charge on any atom is -0.326 e. The molecule has 92 valence electrons. The summed E-state index contributed by atoms with van der Waals surface area (Å²) in [5, 5.41) is 3.32. The maximum Gasteiger partial charge on any atom is 0.237 e. The number of hydrogen-bond acceptors (Lipinski definition) is 2. The molecule has 16 heavy (non-hydrogen) atoms. The van der Waals surface area contributed by atoms with Gasteiger partial charge in [0.05, 0.1) is 12.7 Å². The van der Waals surface area contributed by atoms with E-state index in [2.05, 4.69) is 31.0 Å². The Labute approximate surface area is 98.6 Å². The van der Waals surface area contributed by atoms with Gasteiger partial charge in [0.15, 0.2) is 0 Å². The molecule has 1 saturated heterocycles. The second kappa shape index (κ2) is 4.74. The molecule has 1 N–H and O–H groups in total. The number of nitrogens with one attached hydrogen (secondary N) is 1. The van der Waals surface area contributed by atoms with Crippen molar-refractivity contribution in [1.29, 1.82) is 0 Å². The van der Waals surface area contributed by atoms with Gasteiger partial charge in [-0.15, -0.1) is 0 Å². The summed E-state index contributed by atoms with van der Waals surface area (Å²) in [6.07, 6.45) is 4.25. The second-order valence-corrected chi connectivity index (χ2v) is 5.78. The molecule has 0 radical (unpaired) electrons. The maximum atomic E-state index is 11.8. The SMILES string of the molecule is CC(C)C1NCC(=O)N1CC1CCCC1C. The molecular formula is C13H24N2O. The van der Waals surface area contributed by atoms with E-state index >= 15 is 0 Å². The lowest BCUT2D eigenvalue weighted by atomic mass is 9.97. The summed E-state index contributed by atoms with van der Waals surface area (Å²) >= 11 is 0. The van der Waals surface area contributed by atoms with Crippen LogP contribution in [0.1, 0.15) is 40.0 Å². The van der Waals surface area contributed by atoms with Crippen molar-refractivity contribution in [3.8, 4) is 0 Å². The van der Waals surface area contributed by atoms with Gasteiger partial charge in [0.1, 0.15) is 0 Å². The summed E-state index contributed by atoms with van der Waals surface area (Å²) in [7, 11) is 0. The number of hydrogen-bond donors (Lipinski definition) is 1. The van der Waals surface area contributed by atoms with Crippen LogP contribution in [-0.4, -0.2) is 30.1 Å². The van der Waals surface area contributed by atoms with Crippen molar-refractivity contribution in [2.45, 2.75) is 46.2 Å². The number of rotatable bonds is 3. The van der Waals surface area contributed by atoms with Crippen LogP contribution in [0.4, 0.5) is 0 Å². The normalized spacial score (nSPS) is 35.4. The molecule has 3 heteroatoms. The first kappa shape index (κ1) is 11.9. The van der Waals surface area contributed by atoms with E-state index in [4.69, 9.17) is 0 Å². The third-order valence-corrected chi connectivity index (χ3v) is 4.22. The summed E-state index contributed by atoms with van der Waals surface area (Å²) in [6.45, 7) is 8.19. The molecule has 1 aliphatic carbocycles. The van der Waals surface area contributed by atoms with Gasteiger partial charge in [-0.3, -0.25) is 10.1 Å². The number of carbonyl (C=O) groups is 1. The van der Waals surface area contributed by atoms with Crippen molar-refractivity contribution in [2.24, 2.45) is 17.8 Å². The van der Waals surface area contributed by atoms with Crippen LogP contribution in [-0.2, 0) is 4.79 Å². The molecule has 2 fully saturated rings. The Morgan fingerprint density at radius 3 is 2.75 bits per heavy atom. The molecule has 1 heterocycles. The first-order chi connectivity index (χ1) is 7.59. The third-order valence-electron chi connectivity index (χ3n) is 4.22. The minimum absolute atomic E-state index is 0.264. The van der Waals surface area contributed by atoms with Crippen molar-refractivity contribution in [3.63, 3.8) is 0 Å². The molecule has 3 nitrogen and oxygen atoms in total. The Hall–Kier alpha value is -0.570. The predicted molar refractivity (Wildman–Crippen MR) is 64.8 cm³/mol. The lowest BCUT2D eigenvalue weighted by Gasteiger charge is -2.31. The molecule has 0 spiro atoms. The molecule has 0 aromatic heterocycles. The summed E-state index contributed by atoms with van der Waals surface area (Å²) in [5.41, 5.74) is 0. The summed E-state index contributed by atoms with van der Waals surface area (Å²) < 4.78 is 0. The van der Waals surface area contributed by atoms with E-state index in [9.17, 15) is 4.79 Å². The van der Waals surface area contributed by atoms with E-state index in [0.29, 0.717) is 12.5 Å². The Balaban J connectivity index is 1.98. The van der Waals surface area contributed by atoms with Crippen molar-refractivity contribution < 1.29 is 4.79 Å². The standard InChI is InChI=1S/C13H24N2O/c1-9(2)13-14-7-12(16)15(13)8-11-6-4-5-10(11)3/h9-11,13-14H,4-8H2,1-3H3. The molecule has 1 aliphatic heterocycles. The van der Waals surface area contributed by atoms with Crippen LogP contribution in [0.2, 0.25) is 0 Å². The largest absolute Gasteiger partial charge is 0.326 e. The monoisotopic (exact) mass is 224 g/mol.